The van der Waals surface area contributed by atoms with Crippen LogP contribution in [0.4, 0.5) is 4.39 Å². The number of hydrogen-bond donors (Lipinski definition) is 1. The quantitative estimate of drug-likeness (QED) is 0.757. The molecule has 0 unspecified atom stereocenters. The van der Waals surface area contributed by atoms with Crippen LogP contribution in [0.15, 0.2) is 59.7 Å². The number of pyridine rings is 1. The van der Waals surface area contributed by atoms with Gasteiger partial charge in [-0.25, -0.2) is 4.39 Å². The number of carbonyl (C=O) groups is 1. The zero-order chi connectivity index (χ0) is 19.1. The summed E-state index contributed by atoms with van der Waals surface area (Å²) in [5.74, 6) is -0.299. The minimum atomic E-state index is -0.794. The van der Waals surface area contributed by atoms with E-state index in [0.717, 1.165) is 16.3 Å². The van der Waals surface area contributed by atoms with Crippen molar-refractivity contribution in [3.63, 3.8) is 0 Å². The van der Waals surface area contributed by atoms with Crippen molar-refractivity contribution >= 4 is 33.5 Å². The normalized spacial score (nSPS) is 13.9. The van der Waals surface area contributed by atoms with E-state index in [2.05, 4.69) is 4.90 Å². The molecule has 0 spiro atoms. The molecule has 0 aliphatic carbocycles. The van der Waals surface area contributed by atoms with Crippen molar-refractivity contribution in [1.82, 2.24) is 9.47 Å². The fraction of sp³-hybridized carbons (Fsp3) is 0.100. The maximum atomic E-state index is 13.3. The monoisotopic (exact) mass is 381 g/mol. The van der Waals surface area contributed by atoms with Gasteiger partial charge >= 0.3 is 0 Å². The van der Waals surface area contributed by atoms with E-state index in [9.17, 15) is 14.0 Å². The third kappa shape index (κ3) is 3.10. The van der Waals surface area contributed by atoms with Crippen molar-refractivity contribution in [1.29, 1.82) is 0 Å². The topological polar surface area (TPSA) is 68.3 Å². The number of aromatic nitrogens is 1. The van der Waals surface area contributed by atoms with E-state index in [1.807, 2.05) is 25.4 Å². The number of amides is 1. The molecule has 0 bridgehead atoms. The number of hydrogen-bond acceptors (Lipinski definition) is 4. The maximum absolute atomic E-state index is 13.3. The van der Waals surface area contributed by atoms with Crippen LogP contribution in [0.1, 0.15) is 15.9 Å². The van der Waals surface area contributed by atoms with Crippen molar-refractivity contribution in [2.75, 3.05) is 12.9 Å². The molecule has 3 aromatic rings. The highest BCUT2D eigenvalue weighted by molar-refractivity contribution is 8.08. The van der Waals surface area contributed by atoms with Gasteiger partial charge in [0.15, 0.2) is 0 Å². The lowest BCUT2D eigenvalue weighted by atomic mass is 10.1. The van der Waals surface area contributed by atoms with Gasteiger partial charge in [-0.15, -0.1) is 11.8 Å². The average molecular weight is 381 g/mol. The van der Waals surface area contributed by atoms with Gasteiger partial charge in [0.25, 0.3) is 5.91 Å². The van der Waals surface area contributed by atoms with Crippen LogP contribution in [-0.2, 0) is 0 Å². The summed E-state index contributed by atoms with van der Waals surface area (Å²) in [5.41, 5.74) is 7.11. The first-order valence-corrected chi connectivity index (χ1v) is 9.23. The molecule has 1 aromatic heterocycles. The Balaban J connectivity index is 2.01. The lowest BCUT2D eigenvalue weighted by molar-refractivity contribution is 0.0999. The predicted molar refractivity (Wildman–Crippen MR) is 106 cm³/mol. The molecule has 1 amide bonds. The van der Waals surface area contributed by atoms with Crippen molar-refractivity contribution in [2.24, 2.45) is 5.73 Å². The molecule has 0 saturated carbocycles. The Morgan fingerprint density at radius 3 is 2.56 bits per heavy atom. The van der Waals surface area contributed by atoms with E-state index in [0.29, 0.717) is 16.6 Å². The summed E-state index contributed by atoms with van der Waals surface area (Å²) < 4.78 is 15.0. The highest BCUT2D eigenvalue weighted by atomic mass is 32.2. The number of nitrogens with two attached hydrogens (primary N) is 1. The molecule has 1 aliphatic rings. The molecule has 1 aliphatic heterocycles. The Morgan fingerprint density at radius 1 is 1.19 bits per heavy atom. The minimum Gasteiger partial charge on any atom is -0.370 e. The number of rotatable bonds is 3. The van der Waals surface area contributed by atoms with Gasteiger partial charge in [-0.2, -0.15) is 0 Å². The summed E-state index contributed by atoms with van der Waals surface area (Å²) in [6.07, 6.45) is 3.47. The van der Waals surface area contributed by atoms with Crippen LogP contribution in [0.25, 0.3) is 21.5 Å². The Morgan fingerprint density at radius 2 is 1.93 bits per heavy atom. The van der Waals surface area contributed by atoms with Gasteiger partial charge in [-0.1, -0.05) is 6.07 Å². The number of carbonyl (C=O) groups excluding carboxylic acids is 1. The van der Waals surface area contributed by atoms with Crippen LogP contribution in [0.5, 0.6) is 0 Å². The second-order valence-corrected chi connectivity index (χ2v) is 7.32. The van der Waals surface area contributed by atoms with Crippen LogP contribution >= 0.6 is 11.8 Å². The predicted octanol–water partition coefficient (Wildman–Crippen LogP) is 3.16. The van der Waals surface area contributed by atoms with E-state index in [-0.39, 0.29) is 11.4 Å². The molecular weight excluding hydrogens is 365 g/mol. The summed E-state index contributed by atoms with van der Waals surface area (Å²) >= 11 is 1.70. The number of fused-ring (bicyclic) bond motifs is 1. The summed E-state index contributed by atoms with van der Waals surface area (Å²) in [6, 6.07) is 11.3. The number of halogens is 1. The van der Waals surface area contributed by atoms with Crippen LogP contribution in [-0.4, -0.2) is 28.3 Å². The molecule has 2 N–H and O–H groups in total. The maximum Gasteiger partial charge on any atom is 0.254 e. The van der Waals surface area contributed by atoms with Gasteiger partial charge in [0.05, 0.1) is 11.4 Å². The van der Waals surface area contributed by atoms with E-state index >= 15 is 0 Å². The molecule has 5 nitrogen and oxygen atoms in total. The largest absolute Gasteiger partial charge is 0.370 e. The standard InChI is InChI=1S/C20H16FN3O2S/c1-23-10-18(27-11-23)12-2-7-15-17(8-12)24(9-16(19(15)25)20(22)26)14-5-3-13(21)4-6-14/h2-10H,11H2,1H3,(H2,22,26). The Labute approximate surface area is 158 Å². The molecule has 4 rings (SSSR count). The van der Waals surface area contributed by atoms with Gasteiger partial charge in [0, 0.05) is 35.4 Å². The molecule has 136 valence electrons. The summed E-state index contributed by atoms with van der Waals surface area (Å²) in [4.78, 5) is 27.6. The highest BCUT2D eigenvalue weighted by Gasteiger charge is 2.17. The lowest BCUT2D eigenvalue weighted by Gasteiger charge is -2.14. The Bertz CT molecular complexity index is 1150. The van der Waals surface area contributed by atoms with Crippen LogP contribution < -0.4 is 11.2 Å². The fourth-order valence-electron chi connectivity index (χ4n) is 3.07. The Hall–Kier alpha value is -3.06. The van der Waals surface area contributed by atoms with Gasteiger partial charge in [0.2, 0.25) is 5.43 Å². The van der Waals surface area contributed by atoms with Gasteiger partial charge in [-0.3, -0.25) is 9.59 Å². The molecule has 27 heavy (non-hydrogen) atoms. The van der Waals surface area contributed by atoms with Crippen LogP contribution in [0.2, 0.25) is 0 Å². The first-order chi connectivity index (χ1) is 12.9. The minimum absolute atomic E-state index is 0.103. The summed E-state index contributed by atoms with van der Waals surface area (Å²) in [5, 5.41) is 0.385. The van der Waals surface area contributed by atoms with Gasteiger partial charge < -0.3 is 15.2 Å². The van der Waals surface area contributed by atoms with Crippen molar-refractivity contribution in [3.8, 4) is 5.69 Å². The van der Waals surface area contributed by atoms with E-state index in [4.69, 9.17) is 5.73 Å². The molecule has 0 fully saturated rings. The van der Waals surface area contributed by atoms with Crippen LogP contribution in [0.3, 0.4) is 0 Å². The van der Waals surface area contributed by atoms with Crippen molar-refractivity contribution in [3.05, 3.63) is 82.0 Å². The number of primary amides is 1. The average Bonchev–Trinajstić information content (AvgIpc) is 3.09. The molecule has 0 radical (unpaired) electrons. The zero-order valence-corrected chi connectivity index (χ0v) is 15.3. The molecular formula is C20H16FN3O2S. The second-order valence-electron chi connectivity index (χ2n) is 6.34. The second kappa shape index (κ2) is 6.59. The third-order valence-electron chi connectivity index (χ3n) is 4.42. The van der Waals surface area contributed by atoms with E-state index in [1.165, 1.54) is 18.3 Å². The molecule has 2 heterocycles. The van der Waals surface area contributed by atoms with Gasteiger partial charge in [-0.05, 0) is 42.0 Å². The SMILES string of the molecule is CN1C=C(c2ccc3c(=O)c(C(N)=O)cn(-c4ccc(F)cc4)c3c2)SC1. The molecule has 7 heteroatoms. The Kier molecular flexibility index (Phi) is 4.24. The first-order valence-electron chi connectivity index (χ1n) is 8.24. The van der Waals surface area contributed by atoms with Gasteiger partial charge in [0.1, 0.15) is 11.4 Å². The summed E-state index contributed by atoms with van der Waals surface area (Å²) in [6.45, 7) is 0. The van der Waals surface area contributed by atoms with Crippen LogP contribution in [0, 0.1) is 5.82 Å². The lowest BCUT2D eigenvalue weighted by Crippen LogP contribution is -2.24. The zero-order valence-electron chi connectivity index (χ0n) is 14.5. The highest BCUT2D eigenvalue weighted by Crippen LogP contribution is 2.34. The molecule has 0 saturated heterocycles. The van der Waals surface area contributed by atoms with Crippen molar-refractivity contribution in [2.45, 2.75) is 0 Å². The number of benzene rings is 2. The number of nitrogens with zero attached hydrogens (tertiary/aromatic N) is 2. The van der Waals surface area contributed by atoms with E-state index < -0.39 is 11.3 Å². The summed E-state index contributed by atoms with van der Waals surface area (Å²) in [7, 11) is 1.99. The van der Waals surface area contributed by atoms with E-state index in [1.54, 1.807) is 34.5 Å². The number of thioether (sulfide) groups is 1. The fourth-order valence-corrected chi connectivity index (χ4v) is 4.04. The third-order valence-corrected chi connectivity index (χ3v) is 5.61. The smallest absolute Gasteiger partial charge is 0.254 e. The molecule has 0 atom stereocenters. The molecule has 2 aromatic carbocycles. The first kappa shape index (κ1) is 17.4. The van der Waals surface area contributed by atoms with Crippen molar-refractivity contribution < 1.29 is 9.18 Å².